The van der Waals surface area contributed by atoms with Crippen molar-refractivity contribution >= 4 is 5.97 Å². The summed E-state index contributed by atoms with van der Waals surface area (Å²) in [6.07, 6.45) is 1.71. The third-order valence-electron chi connectivity index (χ3n) is 2.65. The van der Waals surface area contributed by atoms with E-state index >= 15 is 0 Å². The fourth-order valence-electron chi connectivity index (χ4n) is 1.85. The van der Waals surface area contributed by atoms with Crippen LogP contribution in [-0.4, -0.2) is 26.2 Å². The maximum absolute atomic E-state index is 12.0. The number of nitrogens with one attached hydrogen (secondary N) is 1. The molecule has 0 aliphatic heterocycles. The first-order chi connectivity index (χ1) is 9.24. The lowest BCUT2D eigenvalue weighted by Crippen LogP contribution is -2.31. The Bertz CT molecular complexity index is 418. The van der Waals surface area contributed by atoms with E-state index in [1.165, 1.54) is 0 Å². The molecule has 0 aliphatic rings. The molecule has 4 heteroatoms. The highest BCUT2D eigenvalue weighted by Crippen LogP contribution is 2.20. The van der Waals surface area contributed by atoms with Crippen molar-refractivity contribution in [2.45, 2.75) is 19.6 Å². The molecule has 1 atom stereocenters. The lowest BCUT2D eigenvalue weighted by atomic mass is 10.0. The molecule has 1 N–H and O–H groups in total. The second-order valence-electron chi connectivity index (χ2n) is 4.01. The Balaban J connectivity index is 3.01. The van der Waals surface area contributed by atoms with Crippen LogP contribution in [0.25, 0.3) is 0 Å². The van der Waals surface area contributed by atoms with Gasteiger partial charge in [0.1, 0.15) is 6.04 Å². The van der Waals surface area contributed by atoms with E-state index < -0.39 is 6.04 Å². The number of rotatable bonds is 8. The molecule has 1 aromatic carbocycles. The molecule has 0 radical (unpaired) electrons. The molecule has 1 unspecified atom stereocenters. The van der Waals surface area contributed by atoms with Crippen molar-refractivity contribution in [1.82, 2.24) is 5.32 Å². The first kappa shape index (κ1) is 15.4. The van der Waals surface area contributed by atoms with E-state index in [0.717, 1.165) is 11.1 Å². The summed E-state index contributed by atoms with van der Waals surface area (Å²) in [5.74, 6) is -0.284. The lowest BCUT2D eigenvalue weighted by molar-refractivity contribution is -0.145. The molecule has 0 aromatic heterocycles. The second kappa shape index (κ2) is 8.45. The van der Waals surface area contributed by atoms with Crippen LogP contribution in [0.15, 0.2) is 36.9 Å². The Morgan fingerprint density at radius 2 is 2.21 bits per heavy atom. The largest absolute Gasteiger partial charge is 0.465 e. The van der Waals surface area contributed by atoms with Gasteiger partial charge >= 0.3 is 5.97 Å². The van der Waals surface area contributed by atoms with Crippen LogP contribution in [-0.2, 0) is 20.9 Å². The van der Waals surface area contributed by atoms with Gasteiger partial charge in [-0.05, 0) is 18.1 Å². The molecule has 0 saturated heterocycles. The quantitative estimate of drug-likeness (QED) is 0.577. The van der Waals surface area contributed by atoms with Crippen LogP contribution in [0, 0.1) is 0 Å². The average molecular weight is 263 g/mol. The van der Waals surface area contributed by atoms with Gasteiger partial charge in [0.25, 0.3) is 0 Å². The minimum absolute atomic E-state index is 0.284. The van der Waals surface area contributed by atoms with Crippen molar-refractivity contribution in [2.24, 2.45) is 0 Å². The molecular weight excluding hydrogens is 242 g/mol. The lowest BCUT2D eigenvalue weighted by Gasteiger charge is -2.19. The summed E-state index contributed by atoms with van der Waals surface area (Å²) >= 11 is 0. The highest BCUT2D eigenvalue weighted by atomic mass is 16.5. The van der Waals surface area contributed by atoms with Gasteiger partial charge in [0.15, 0.2) is 0 Å². The summed E-state index contributed by atoms with van der Waals surface area (Å²) in [4.78, 5) is 12.0. The summed E-state index contributed by atoms with van der Waals surface area (Å²) < 4.78 is 10.3. The van der Waals surface area contributed by atoms with Crippen LogP contribution in [0.2, 0.25) is 0 Å². The van der Waals surface area contributed by atoms with E-state index in [4.69, 9.17) is 9.47 Å². The number of hydrogen-bond acceptors (Lipinski definition) is 4. The van der Waals surface area contributed by atoms with Crippen molar-refractivity contribution in [3.63, 3.8) is 0 Å². The highest BCUT2D eigenvalue weighted by molar-refractivity contribution is 5.78. The van der Waals surface area contributed by atoms with Gasteiger partial charge in [-0.2, -0.15) is 0 Å². The van der Waals surface area contributed by atoms with Crippen molar-refractivity contribution in [3.8, 4) is 0 Å². The number of hydrogen-bond donors (Lipinski definition) is 1. The molecule has 0 heterocycles. The Kier molecular flexibility index (Phi) is 6.85. The summed E-state index contributed by atoms with van der Waals surface area (Å²) in [5.41, 5.74) is 1.85. The monoisotopic (exact) mass is 263 g/mol. The normalized spacial score (nSPS) is 11.9. The van der Waals surface area contributed by atoms with Crippen LogP contribution in [0.1, 0.15) is 24.1 Å². The predicted molar refractivity (Wildman–Crippen MR) is 74.7 cm³/mol. The number of methoxy groups -OCH3 is 1. The van der Waals surface area contributed by atoms with E-state index in [9.17, 15) is 4.79 Å². The van der Waals surface area contributed by atoms with E-state index in [1.807, 2.05) is 24.3 Å². The molecule has 1 aromatic rings. The molecule has 0 spiro atoms. The number of carbonyl (C=O) groups is 1. The molecule has 4 nitrogen and oxygen atoms in total. The van der Waals surface area contributed by atoms with Gasteiger partial charge in [0.05, 0.1) is 13.2 Å². The zero-order valence-electron chi connectivity index (χ0n) is 11.5. The Labute approximate surface area is 114 Å². The minimum atomic E-state index is -0.496. The van der Waals surface area contributed by atoms with Crippen molar-refractivity contribution in [1.29, 1.82) is 0 Å². The Hall–Kier alpha value is -1.65. The Morgan fingerprint density at radius 3 is 2.84 bits per heavy atom. The van der Waals surface area contributed by atoms with Crippen LogP contribution in [0.4, 0.5) is 0 Å². The van der Waals surface area contributed by atoms with Crippen LogP contribution in [0.5, 0.6) is 0 Å². The summed E-state index contributed by atoms with van der Waals surface area (Å²) in [7, 11) is 1.63. The SMILES string of the molecule is C=CCNC(C(=O)OCC)c1ccccc1COC. The molecule has 0 amide bonds. The van der Waals surface area contributed by atoms with Crippen molar-refractivity contribution in [2.75, 3.05) is 20.3 Å². The zero-order valence-corrected chi connectivity index (χ0v) is 11.5. The fourth-order valence-corrected chi connectivity index (χ4v) is 1.85. The van der Waals surface area contributed by atoms with E-state index in [-0.39, 0.29) is 5.97 Å². The first-order valence-corrected chi connectivity index (χ1v) is 6.32. The van der Waals surface area contributed by atoms with E-state index in [2.05, 4.69) is 11.9 Å². The standard InChI is InChI=1S/C15H21NO3/c1-4-10-16-14(15(17)19-5-2)13-9-7-6-8-12(13)11-18-3/h4,6-9,14,16H,1,5,10-11H2,2-3H3. The van der Waals surface area contributed by atoms with Crippen molar-refractivity contribution in [3.05, 3.63) is 48.0 Å². The molecular formula is C15H21NO3. The third-order valence-corrected chi connectivity index (χ3v) is 2.65. The number of ether oxygens (including phenoxy) is 2. The third kappa shape index (κ3) is 4.50. The molecule has 0 aliphatic carbocycles. The van der Waals surface area contributed by atoms with Crippen molar-refractivity contribution < 1.29 is 14.3 Å². The van der Waals surface area contributed by atoms with Gasteiger partial charge in [-0.1, -0.05) is 30.3 Å². The topological polar surface area (TPSA) is 47.6 Å². The molecule has 1 rings (SSSR count). The van der Waals surface area contributed by atoms with Crippen LogP contribution < -0.4 is 5.32 Å². The second-order valence-corrected chi connectivity index (χ2v) is 4.01. The molecule has 0 bridgehead atoms. The maximum atomic E-state index is 12.0. The smallest absolute Gasteiger partial charge is 0.327 e. The first-order valence-electron chi connectivity index (χ1n) is 6.32. The number of benzene rings is 1. The predicted octanol–water partition coefficient (Wildman–Crippen LogP) is 2.21. The van der Waals surface area contributed by atoms with Gasteiger partial charge in [0, 0.05) is 13.7 Å². The van der Waals surface area contributed by atoms with E-state index in [1.54, 1.807) is 20.1 Å². The highest BCUT2D eigenvalue weighted by Gasteiger charge is 2.23. The summed E-state index contributed by atoms with van der Waals surface area (Å²) in [5, 5.41) is 3.12. The van der Waals surface area contributed by atoms with Gasteiger partial charge in [-0.15, -0.1) is 6.58 Å². The Morgan fingerprint density at radius 1 is 1.47 bits per heavy atom. The summed E-state index contributed by atoms with van der Waals surface area (Å²) in [6.45, 7) is 6.80. The minimum Gasteiger partial charge on any atom is -0.465 e. The van der Waals surface area contributed by atoms with Gasteiger partial charge in [0.2, 0.25) is 0 Å². The molecule has 0 fully saturated rings. The fraction of sp³-hybridized carbons (Fsp3) is 0.400. The molecule has 104 valence electrons. The van der Waals surface area contributed by atoms with Crippen LogP contribution in [0.3, 0.4) is 0 Å². The van der Waals surface area contributed by atoms with Gasteiger partial charge in [-0.3, -0.25) is 5.32 Å². The number of carbonyl (C=O) groups excluding carboxylic acids is 1. The average Bonchev–Trinajstić information content (AvgIpc) is 2.41. The summed E-state index contributed by atoms with van der Waals surface area (Å²) in [6, 6.07) is 7.18. The maximum Gasteiger partial charge on any atom is 0.327 e. The van der Waals surface area contributed by atoms with E-state index in [0.29, 0.717) is 19.8 Å². The zero-order chi connectivity index (χ0) is 14.1. The van der Waals surface area contributed by atoms with Crippen LogP contribution >= 0.6 is 0 Å². The number of esters is 1. The molecule has 0 saturated carbocycles. The molecule has 19 heavy (non-hydrogen) atoms. The van der Waals surface area contributed by atoms with Gasteiger partial charge < -0.3 is 9.47 Å². The van der Waals surface area contributed by atoms with Gasteiger partial charge in [-0.25, -0.2) is 4.79 Å².